The normalized spacial score (nSPS) is 17.2. The van der Waals surface area contributed by atoms with E-state index in [1.807, 2.05) is 0 Å². The molecule has 1 fully saturated rings. The molecule has 1 rings (SSSR count). The van der Waals surface area contributed by atoms with Gasteiger partial charge in [0.1, 0.15) is 0 Å². The number of carbonyl (C=O) groups is 1. The van der Waals surface area contributed by atoms with Crippen LogP contribution in [0.3, 0.4) is 0 Å². The number of hydrogen-bond donors (Lipinski definition) is 1. The predicted octanol–water partition coefficient (Wildman–Crippen LogP) is 1.03. The molecule has 0 atom stereocenters. The summed E-state index contributed by atoms with van der Waals surface area (Å²) in [4.78, 5) is 10.0. The van der Waals surface area contributed by atoms with Gasteiger partial charge in [-0.3, -0.25) is 4.79 Å². The van der Waals surface area contributed by atoms with Gasteiger partial charge in [-0.25, -0.2) is 0 Å². The molecular weight excluding hydrogens is 132 g/mol. The van der Waals surface area contributed by atoms with Crippen LogP contribution in [0.5, 0.6) is 0 Å². The van der Waals surface area contributed by atoms with Crippen molar-refractivity contribution in [2.24, 2.45) is 0 Å². The Morgan fingerprint density at radius 1 is 1.60 bits per heavy atom. The molecule has 0 heterocycles. The lowest BCUT2D eigenvalue weighted by atomic mass is 10.3. The summed E-state index contributed by atoms with van der Waals surface area (Å²) in [7, 11) is 0. The van der Waals surface area contributed by atoms with Gasteiger partial charge in [0.2, 0.25) is 0 Å². The lowest BCUT2D eigenvalue weighted by Crippen LogP contribution is -2.00. The van der Waals surface area contributed by atoms with Crippen LogP contribution in [0.25, 0.3) is 0 Å². The van der Waals surface area contributed by atoms with Crippen LogP contribution in [0, 0.1) is 0 Å². The minimum atomic E-state index is -0.737. The highest BCUT2D eigenvalue weighted by Gasteiger charge is 2.21. The maximum absolute atomic E-state index is 10.0. The number of rotatable bonds is 5. The number of carboxylic acid groups (broad SMARTS) is 1. The first-order chi connectivity index (χ1) is 4.79. The fourth-order valence-corrected chi connectivity index (χ4v) is 0.708. The van der Waals surface area contributed by atoms with E-state index >= 15 is 0 Å². The molecule has 1 aliphatic rings. The van der Waals surface area contributed by atoms with Gasteiger partial charge in [0.05, 0.1) is 6.10 Å². The summed E-state index contributed by atoms with van der Waals surface area (Å²) in [6.07, 6.45) is 3.65. The molecule has 0 radical (unpaired) electrons. The highest BCUT2D eigenvalue weighted by molar-refractivity contribution is 5.66. The Balaban J connectivity index is 1.80. The van der Waals surface area contributed by atoms with E-state index in [1.54, 1.807) is 0 Å². The zero-order valence-electron chi connectivity index (χ0n) is 5.88. The second kappa shape index (κ2) is 3.56. The van der Waals surface area contributed by atoms with Crippen molar-refractivity contribution >= 4 is 5.97 Å². The Kier molecular flexibility index (Phi) is 2.68. The summed E-state index contributed by atoms with van der Waals surface area (Å²) in [6, 6.07) is 0. The first-order valence-corrected chi connectivity index (χ1v) is 3.62. The average Bonchev–Trinajstić information content (AvgIpc) is 2.62. The first-order valence-electron chi connectivity index (χ1n) is 3.62. The smallest absolute Gasteiger partial charge is 0.303 e. The first kappa shape index (κ1) is 7.54. The lowest BCUT2D eigenvalue weighted by molar-refractivity contribution is -0.137. The van der Waals surface area contributed by atoms with Crippen LogP contribution in [0.15, 0.2) is 0 Å². The van der Waals surface area contributed by atoms with E-state index in [-0.39, 0.29) is 6.42 Å². The van der Waals surface area contributed by atoms with E-state index in [9.17, 15) is 4.79 Å². The molecule has 1 saturated carbocycles. The van der Waals surface area contributed by atoms with Crippen molar-refractivity contribution in [3.8, 4) is 0 Å². The molecule has 58 valence electrons. The highest BCUT2D eigenvalue weighted by Crippen LogP contribution is 2.23. The molecule has 0 aromatic carbocycles. The topological polar surface area (TPSA) is 46.5 Å². The molecule has 3 nitrogen and oxygen atoms in total. The van der Waals surface area contributed by atoms with Gasteiger partial charge in [-0.15, -0.1) is 0 Å². The number of ether oxygens (including phenoxy) is 1. The third kappa shape index (κ3) is 3.45. The summed E-state index contributed by atoms with van der Waals surface area (Å²) >= 11 is 0. The maximum Gasteiger partial charge on any atom is 0.303 e. The van der Waals surface area contributed by atoms with Crippen molar-refractivity contribution in [3.63, 3.8) is 0 Å². The monoisotopic (exact) mass is 144 g/mol. The Labute approximate surface area is 60.0 Å². The fourth-order valence-electron chi connectivity index (χ4n) is 0.708. The summed E-state index contributed by atoms with van der Waals surface area (Å²) in [5, 5.41) is 8.24. The minimum Gasteiger partial charge on any atom is -0.481 e. The maximum atomic E-state index is 10.0. The summed E-state index contributed by atoms with van der Waals surface area (Å²) in [6.45, 7) is 0.608. The van der Waals surface area contributed by atoms with Crippen molar-refractivity contribution in [3.05, 3.63) is 0 Å². The van der Waals surface area contributed by atoms with Gasteiger partial charge < -0.3 is 9.84 Å². The molecule has 1 aliphatic carbocycles. The van der Waals surface area contributed by atoms with Crippen LogP contribution >= 0.6 is 0 Å². The van der Waals surface area contributed by atoms with Crippen LogP contribution in [-0.4, -0.2) is 23.8 Å². The molecule has 3 heteroatoms. The fraction of sp³-hybridized carbons (Fsp3) is 0.857. The zero-order valence-corrected chi connectivity index (χ0v) is 5.88. The van der Waals surface area contributed by atoms with Gasteiger partial charge in [0.15, 0.2) is 0 Å². The molecule has 0 aromatic heterocycles. The van der Waals surface area contributed by atoms with Gasteiger partial charge >= 0.3 is 5.97 Å². The summed E-state index contributed by atoms with van der Waals surface area (Å²) in [5.41, 5.74) is 0. The Morgan fingerprint density at radius 3 is 2.80 bits per heavy atom. The standard InChI is InChI=1S/C7H12O3/c8-7(9)2-1-5-10-6-3-4-6/h6H,1-5H2,(H,8,9). The second-order valence-electron chi connectivity index (χ2n) is 2.57. The molecule has 1 N–H and O–H groups in total. The third-order valence-corrected chi connectivity index (χ3v) is 1.41. The van der Waals surface area contributed by atoms with E-state index in [4.69, 9.17) is 9.84 Å². The van der Waals surface area contributed by atoms with Crippen LogP contribution in [0.2, 0.25) is 0 Å². The lowest BCUT2D eigenvalue weighted by Gasteiger charge is -1.97. The summed E-state index contributed by atoms with van der Waals surface area (Å²) in [5.74, 6) is -0.737. The number of carboxylic acids is 1. The molecule has 0 unspecified atom stereocenters. The second-order valence-corrected chi connectivity index (χ2v) is 2.57. The summed E-state index contributed by atoms with van der Waals surface area (Å²) < 4.78 is 5.24. The molecule has 10 heavy (non-hydrogen) atoms. The highest BCUT2D eigenvalue weighted by atomic mass is 16.5. The van der Waals surface area contributed by atoms with E-state index < -0.39 is 5.97 Å². The van der Waals surface area contributed by atoms with Gasteiger partial charge in [-0.05, 0) is 19.3 Å². The van der Waals surface area contributed by atoms with Crippen LogP contribution < -0.4 is 0 Å². The predicted molar refractivity (Wildman–Crippen MR) is 35.8 cm³/mol. The molecule has 0 saturated heterocycles. The molecule has 0 bridgehead atoms. The SMILES string of the molecule is O=C(O)CCCOC1CC1. The zero-order chi connectivity index (χ0) is 7.40. The van der Waals surface area contributed by atoms with E-state index in [2.05, 4.69) is 0 Å². The number of aliphatic carboxylic acids is 1. The van der Waals surface area contributed by atoms with Crippen molar-refractivity contribution in [2.45, 2.75) is 31.8 Å². The largest absolute Gasteiger partial charge is 0.481 e. The van der Waals surface area contributed by atoms with Gasteiger partial charge in [-0.2, -0.15) is 0 Å². The van der Waals surface area contributed by atoms with Gasteiger partial charge in [0.25, 0.3) is 0 Å². The molecule has 0 spiro atoms. The quantitative estimate of drug-likeness (QED) is 0.586. The van der Waals surface area contributed by atoms with E-state index in [0.29, 0.717) is 19.1 Å². The third-order valence-electron chi connectivity index (χ3n) is 1.41. The van der Waals surface area contributed by atoms with Crippen LogP contribution in [-0.2, 0) is 9.53 Å². The molecule has 0 aromatic rings. The van der Waals surface area contributed by atoms with Crippen molar-refractivity contribution in [2.75, 3.05) is 6.61 Å². The van der Waals surface area contributed by atoms with Gasteiger partial charge in [0, 0.05) is 13.0 Å². The number of hydrogen-bond acceptors (Lipinski definition) is 2. The molecule has 0 aliphatic heterocycles. The van der Waals surface area contributed by atoms with Crippen molar-refractivity contribution in [1.82, 2.24) is 0 Å². The van der Waals surface area contributed by atoms with Crippen molar-refractivity contribution in [1.29, 1.82) is 0 Å². The van der Waals surface area contributed by atoms with Crippen LogP contribution in [0.4, 0.5) is 0 Å². The molecular formula is C7H12O3. The minimum absolute atomic E-state index is 0.229. The van der Waals surface area contributed by atoms with Crippen molar-refractivity contribution < 1.29 is 14.6 Å². The Bertz CT molecular complexity index is 118. The van der Waals surface area contributed by atoms with E-state index in [0.717, 1.165) is 12.8 Å². The Morgan fingerprint density at radius 2 is 2.30 bits per heavy atom. The average molecular weight is 144 g/mol. The van der Waals surface area contributed by atoms with Gasteiger partial charge in [-0.1, -0.05) is 0 Å². The Hall–Kier alpha value is -0.570. The van der Waals surface area contributed by atoms with Crippen LogP contribution in [0.1, 0.15) is 25.7 Å². The van der Waals surface area contributed by atoms with E-state index in [1.165, 1.54) is 0 Å². The molecule has 0 amide bonds.